The van der Waals surface area contributed by atoms with Crippen molar-refractivity contribution in [3.8, 4) is 0 Å². The van der Waals surface area contributed by atoms with Crippen LogP contribution in [0.5, 0.6) is 0 Å². The maximum Gasteiger partial charge on any atom is 0.320 e. The van der Waals surface area contributed by atoms with E-state index < -0.39 is 17.9 Å². The van der Waals surface area contributed by atoms with Crippen molar-refractivity contribution in [2.75, 3.05) is 0 Å². The lowest BCUT2D eigenvalue weighted by molar-refractivity contribution is -0.169. The first kappa shape index (κ1) is 18.9. The Morgan fingerprint density at radius 1 is 0.769 bits per heavy atom. The molecule has 0 heterocycles. The van der Waals surface area contributed by atoms with Crippen molar-refractivity contribution in [3.63, 3.8) is 0 Å². The van der Waals surface area contributed by atoms with Crippen LogP contribution in [0.4, 0.5) is 0 Å². The van der Waals surface area contributed by atoms with Crippen LogP contribution in [0, 0.1) is 5.92 Å². The van der Waals surface area contributed by atoms with Crippen molar-refractivity contribution >= 4 is 11.9 Å². The first-order chi connectivity index (χ1) is 12.7. The zero-order valence-corrected chi connectivity index (χ0v) is 15.5. The number of hydrogen-bond donors (Lipinski definition) is 0. The van der Waals surface area contributed by atoms with E-state index in [-0.39, 0.29) is 12.2 Å². The largest absolute Gasteiger partial charge is 0.462 e. The Kier molecular flexibility index (Phi) is 7.10. The molecule has 1 aromatic rings. The van der Waals surface area contributed by atoms with Gasteiger partial charge in [0.05, 0.1) is 0 Å². The summed E-state index contributed by atoms with van der Waals surface area (Å²) in [6.07, 6.45) is 10.6. The maximum absolute atomic E-state index is 12.8. The fraction of sp³-hybridized carbons (Fsp3) is 0.636. The molecule has 4 heteroatoms. The molecule has 0 aromatic heterocycles. The third-order valence-corrected chi connectivity index (χ3v) is 5.52. The van der Waals surface area contributed by atoms with Crippen molar-refractivity contribution < 1.29 is 19.1 Å². The van der Waals surface area contributed by atoms with Crippen molar-refractivity contribution in [3.05, 3.63) is 35.9 Å². The molecule has 0 radical (unpaired) electrons. The van der Waals surface area contributed by atoms with Crippen LogP contribution >= 0.6 is 0 Å². The molecule has 0 unspecified atom stereocenters. The predicted molar refractivity (Wildman–Crippen MR) is 99.6 cm³/mol. The lowest BCUT2D eigenvalue weighted by Crippen LogP contribution is -2.35. The number of esters is 2. The summed E-state index contributed by atoms with van der Waals surface area (Å²) in [5, 5.41) is 0. The van der Waals surface area contributed by atoms with Crippen LogP contribution in [-0.2, 0) is 25.5 Å². The summed E-state index contributed by atoms with van der Waals surface area (Å²) in [6, 6.07) is 9.65. The summed E-state index contributed by atoms with van der Waals surface area (Å²) >= 11 is 0. The summed E-state index contributed by atoms with van der Waals surface area (Å²) in [6.45, 7) is 0. The maximum atomic E-state index is 12.8. The Morgan fingerprint density at radius 2 is 1.23 bits per heavy atom. The van der Waals surface area contributed by atoms with E-state index in [0.29, 0.717) is 6.42 Å². The van der Waals surface area contributed by atoms with Crippen LogP contribution in [0.2, 0.25) is 0 Å². The van der Waals surface area contributed by atoms with Crippen LogP contribution in [0.3, 0.4) is 0 Å². The highest BCUT2D eigenvalue weighted by Crippen LogP contribution is 2.25. The molecular formula is C22H30O4. The lowest BCUT2D eigenvalue weighted by Gasteiger charge is -2.26. The average molecular weight is 358 g/mol. The number of carbonyl (C=O) groups is 2. The number of rotatable bonds is 6. The van der Waals surface area contributed by atoms with Crippen LogP contribution in [-0.4, -0.2) is 24.1 Å². The van der Waals surface area contributed by atoms with Gasteiger partial charge in [0.25, 0.3) is 0 Å². The second-order valence-corrected chi connectivity index (χ2v) is 7.64. The van der Waals surface area contributed by atoms with Crippen LogP contribution < -0.4 is 0 Å². The highest BCUT2D eigenvalue weighted by atomic mass is 16.6. The third kappa shape index (κ3) is 5.58. The van der Waals surface area contributed by atoms with Gasteiger partial charge in [0, 0.05) is 0 Å². The zero-order chi connectivity index (χ0) is 18.2. The number of benzene rings is 1. The summed E-state index contributed by atoms with van der Waals surface area (Å²) < 4.78 is 11.4. The van der Waals surface area contributed by atoms with Gasteiger partial charge in [0.1, 0.15) is 12.2 Å². The summed E-state index contributed by atoms with van der Waals surface area (Å²) in [5.41, 5.74) is 0.957. The molecule has 1 aromatic carbocycles. The smallest absolute Gasteiger partial charge is 0.320 e. The number of ether oxygens (including phenoxy) is 2. The van der Waals surface area contributed by atoms with Crippen LogP contribution in [0.25, 0.3) is 0 Å². The fourth-order valence-corrected chi connectivity index (χ4v) is 3.97. The van der Waals surface area contributed by atoms with Gasteiger partial charge in [-0.2, -0.15) is 0 Å². The van der Waals surface area contributed by atoms with Gasteiger partial charge in [0.15, 0.2) is 5.92 Å². The van der Waals surface area contributed by atoms with Gasteiger partial charge in [-0.25, -0.2) is 0 Å². The normalized spacial score (nSPS) is 19.3. The van der Waals surface area contributed by atoms with Gasteiger partial charge >= 0.3 is 11.9 Å². The van der Waals surface area contributed by atoms with E-state index in [1.54, 1.807) is 0 Å². The first-order valence-electron chi connectivity index (χ1n) is 10.2. The summed E-state index contributed by atoms with van der Waals surface area (Å²) in [7, 11) is 0. The van der Waals surface area contributed by atoms with Gasteiger partial charge in [-0.3, -0.25) is 9.59 Å². The zero-order valence-electron chi connectivity index (χ0n) is 15.5. The summed E-state index contributed by atoms with van der Waals surface area (Å²) in [5.74, 6) is -1.69. The van der Waals surface area contributed by atoms with Crippen molar-refractivity contribution in [2.24, 2.45) is 5.92 Å². The Balaban J connectivity index is 1.65. The Bertz CT molecular complexity index is 539. The minimum Gasteiger partial charge on any atom is -0.462 e. The van der Waals surface area contributed by atoms with Crippen LogP contribution in [0.15, 0.2) is 30.3 Å². The molecule has 26 heavy (non-hydrogen) atoms. The topological polar surface area (TPSA) is 52.6 Å². The molecule has 0 aliphatic heterocycles. The minimum absolute atomic E-state index is 0.0444. The average Bonchev–Trinajstić information content (AvgIpc) is 2.68. The van der Waals surface area contributed by atoms with E-state index in [1.165, 1.54) is 12.8 Å². The number of hydrogen-bond acceptors (Lipinski definition) is 4. The highest BCUT2D eigenvalue weighted by molar-refractivity contribution is 5.95. The molecule has 0 amide bonds. The molecule has 2 aliphatic carbocycles. The lowest BCUT2D eigenvalue weighted by atomic mass is 9.95. The van der Waals surface area contributed by atoms with Gasteiger partial charge in [0.2, 0.25) is 0 Å². The third-order valence-electron chi connectivity index (χ3n) is 5.52. The predicted octanol–water partition coefficient (Wildman–Crippen LogP) is 4.60. The Morgan fingerprint density at radius 3 is 1.69 bits per heavy atom. The van der Waals surface area contributed by atoms with Crippen LogP contribution in [0.1, 0.15) is 69.8 Å². The summed E-state index contributed by atoms with van der Waals surface area (Å²) in [4.78, 5) is 25.6. The first-order valence-corrected chi connectivity index (χ1v) is 10.2. The SMILES string of the molecule is O=C(OC1CCCCC1)C(Cc1ccccc1)C(=O)OC1CCCCC1. The molecule has 0 N–H and O–H groups in total. The molecule has 0 atom stereocenters. The molecule has 2 fully saturated rings. The van der Waals surface area contributed by atoms with E-state index >= 15 is 0 Å². The monoisotopic (exact) mass is 358 g/mol. The fourth-order valence-electron chi connectivity index (χ4n) is 3.97. The van der Waals surface area contributed by atoms with Gasteiger partial charge in [-0.05, 0) is 63.4 Å². The standard InChI is InChI=1S/C22H30O4/c23-21(25-18-12-6-2-7-13-18)20(16-17-10-4-1-5-11-17)22(24)26-19-14-8-3-9-15-19/h1,4-5,10-11,18-20H,2-3,6-9,12-16H2. The quantitative estimate of drug-likeness (QED) is 0.551. The van der Waals surface area contributed by atoms with Crippen molar-refractivity contribution in [1.82, 2.24) is 0 Å². The number of carbonyl (C=O) groups excluding carboxylic acids is 2. The second-order valence-electron chi connectivity index (χ2n) is 7.64. The van der Waals surface area contributed by atoms with E-state index in [4.69, 9.17) is 9.47 Å². The highest BCUT2D eigenvalue weighted by Gasteiger charge is 2.34. The van der Waals surface area contributed by atoms with E-state index in [2.05, 4.69) is 0 Å². The van der Waals surface area contributed by atoms with Crippen molar-refractivity contribution in [1.29, 1.82) is 0 Å². The van der Waals surface area contributed by atoms with E-state index in [9.17, 15) is 9.59 Å². The molecule has 142 valence electrons. The minimum atomic E-state index is -0.860. The molecular weight excluding hydrogens is 328 g/mol. The molecule has 0 spiro atoms. The second kappa shape index (κ2) is 9.75. The van der Waals surface area contributed by atoms with Gasteiger partial charge < -0.3 is 9.47 Å². The van der Waals surface area contributed by atoms with E-state index in [1.807, 2.05) is 30.3 Å². The molecule has 2 aliphatic rings. The van der Waals surface area contributed by atoms with Crippen molar-refractivity contribution in [2.45, 2.75) is 82.8 Å². The van der Waals surface area contributed by atoms with Gasteiger partial charge in [-0.1, -0.05) is 43.2 Å². The molecule has 4 nitrogen and oxygen atoms in total. The Hall–Kier alpha value is -1.84. The molecule has 0 bridgehead atoms. The molecule has 2 saturated carbocycles. The Labute approximate surface area is 156 Å². The molecule has 3 rings (SSSR count). The molecule has 0 saturated heterocycles. The van der Waals surface area contributed by atoms with E-state index in [0.717, 1.165) is 56.9 Å². The van der Waals surface area contributed by atoms with Gasteiger partial charge in [-0.15, -0.1) is 0 Å².